The molecule has 0 amide bonds. The Labute approximate surface area is 164 Å². The van der Waals surface area contributed by atoms with Gasteiger partial charge >= 0.3 is 5.69 Å². The van der Waals surface area contributed by atoms with E-state index >= 15 is 0 Å². The number of Topliss-reactive ketones (excluding diaryl/α,β-unsaturated/α-hetero) is 1. The highest BCUT2D eigenvalue weighted by atomic mass is 35.5. The Kier molecular flexibility index (Phi) is 4.04. The summed E-state index contributed by atoms with van der Waals surface area (Å²) < 4.78 is 5.86. The topological polar surface area (TPSA) is 83.3 Å². The zero-order valence-corrected chi connectivity index (χ0v) is 16.6. The Hall–Kier alpha value is -3.13. The molecular weight excluding hydrogens is 382 g/mol. The van der Waals surface area contributed by atoms with Gasteiger partial charge in [0.2, 0.25) is 5.78 Å². The number of benzene rings is 1. The number of fused-ring (bicyclic) bond motifs is 3. The first-order valence-corrected chi connectivity index (χ1v) is 9.05. The number of ketones is 1. The molecule has 28 heavy (non-hydrogen) atoms. The standard InChI is InChI=1S/C19H18ClN5O3/c1-10(26)9-23-17(27)15-16(22(4)19(23)28)21-18-24(11(2)12(3)25(15)18)14-7-5-6-13(20)8-14/h5-8H,9H2,1-4H3. The fourth-order valence-electron chi connectivity index (χ4n) is 3.54. The molecule has 0 saturated carbocycles. The molecule has 9 heteroatoms. The Bertz CT molecular complexity index is 1400. The summed E-state index contributed by atoms with van der Waals surface area (Å²) in [6.45, 7) is 4.87. The first-order valence-electron chi connectivity index (χ1n) is 8.67. The van der Waals surface area contributed by atoms with Gasteiger partial charge < -0.3 is 0 Å². The molecule has 0 aliphatic heterocycles. The summed E-state index contributed by atoms with van der Waals surface area (Å²) >= 11 is 6.15. The van der Waals surface area contributed by atoms with Gasteiger partial charge in [0.15, 0.2) is 11.2 Å². The van der Waals surface area contributed by atoms with E-state index in [1.165, 1.54) is 11.5 Å². The fourth-order valence-corrected chi connectivity index (χ4v) is 3.72. The summed E-state index contributed by atoms with van der Waals surface area (Å²) in [4.78, 5) is 41.8. The summed E-state index contributed by atoms with van der Waals surface area (Å²) in [6.07, 6.45) is 0. The molecule has 144 valence electrons. The highest BCUT2D eigenvalue weighted by Gasteiger charge is 2.23. The van der Waals surface area contributed by atoms with Crippen LogP contribution in [0.15, 0.2) is 33.9 Å². The number of carbonyl (C=O) groups excluding carboxylic acids is 1. The summed E-state index contributed by atoms with van der Waals surface area (Å²) in [5.41, 5.74) is 1.92. The maximum Gasteiger partial charge on any atom is 0.332 e. The predicted molar refractivity (Wildman–Crippen MR) is 107 cm³/mol. The van der Waals surface area contributed by atoms with Crippen LogP contribution in [0.5, 0.6) is 0 Å². The van der Waals surface area contributed by atoms with Gasteiger partial charge in [-0.2, -0.15) is 4.98 Å². The molecule has 4 rings (SSSR count). The number of halogens is 1. The summed E-state index contributed by atoms with van der Waals surface area (Å²) in [5.74, 6) is 0.226. The average molecular weight is 400 g/mol. The minimum Gasteiger partial charge on any atom is -0.298 e. The third-order valence-corrected chi connectivity index (χ3v) is 5.20. The molecule has 0 bridgehead atoms. The molecule has 0 spiro atoms. The SMILES string of the molecule is CC(=O)Cn1c(=O)c2c(nc3n(-c4cccc(Cl)c4)c(C)c(C)n23)n(C)c1=O. The minimum absolute atomic E-state index is 0.264. The molecular formula is C19H18ClN5O3. The first kappa shape index (κ1) is 18.2. The maximum absolute atomic E-state index is 13.1. The number of aryl methyl sites for hydroxylation is 2. The van der Waals surface area contributed by atoms with Gasteiger partial charge in [-0.05, 0) is 39.0 Å². The van der Waals surface area contributed by atoms with Crippen molar-refractivity contribution in [3.8, 4) is 5.69 Å². The van der Waals surface area contributed by atoms with Crippen LogP contribution >= 0.6 is 11.6 Å². The lowest BCUT2D eigenvalue weighted by Gasteiger charge is -2.07. The van der Waals surface area contributed by atoms with Crippen LogP contribution in [-0.2, 0) is 18.4 Å². The van der Waals surface area contributed by atoms with Gasteiger partial charge in [0.1, 0.15) is 5.78 Å². The number of nitrogens with zero attached hydrogens (tertiary/aromatic N) is 5. The Morgan fingerprint density at radius 3 is 2.54 bits per heavy atom. The van der Waals surface area contributed by atoms with Gasteiger partial charge in [0, 0.05) is 23.5 Å². The van der Waals surface area contributed by atoms with E-state index in [0.29, 0.717) is 10.8 Å². The van der Waals surface area contributed by atoms with Crippen molar-refractivity contribution in [3.63, 3.8) is 0 Å². The molecule has 0 fully saturated rings. The monoisotopic (exact) mass is 399 g/mol. The van der Waals surface area contributed by atoms with E-state index in [-0.39, 0.29) is 23.5 Å². The van der Waals surface area contributed by atoms with Crippen molar-refractivity contribution in [2.45, 2.75) is 27.3 Å². The molecule has 8 nitrogen and oxygen atoms in total. The van der Waals surface area contributed by atoms with Crippen molar-refractivity contribution in [3.05, 3.63) is 61.5 Å². The third kappa shape index (κ3) is 2.45. The first-order chi connectivity index (χ1) is 13.2. The largest absolute Gasteiger partial charge is 0.332 e. The van der Waals surface area contributed by atoms with Gasteiger partial charge in [-0.3, -0.25) is 27.7 Å². The van der Waals surface area contributed by atoms with Crippen LogP contribution in [0.2, 0.25) is 5.02 Å². The van der Waals surface area contributed by atoms with E-state index in [0.717, 1.165) is 21.6 Å². The average Bonchev–Trinajstić information content (AvgIpc) is 3.13. The molecule has 0 aliphatic carbocycles. The van der Waals surface area contributed by atoms with Gasteiger partial charge in [-0.15, -0.1) is 0 Å². The maximum atomic E-state index is 13.1. The lowest BCUT2D eigenvalue weighted by atomic mass is 10.3. The zero-order chi connectivity index (χ0) is 20.3. The lowest BCUT2D eigenvalue weighted by molar-refractivity contribution is -0.117. The highest BCUT2D eigenvalue weighted by molar-refractivity contribution is 6.30. The highest BCUT2D eigenvalue weighted by Crippen LogP contribution is 2.25. The number of imidazole rings is 2. The van der Waals surface area contributed by atoms with Crippen LogP contribution in [0, 0.1) is 13.8 Å². The summed E-state index contributed by atoms with van der Waals surface area (Å²) in [6, 6.07) is 7.31. The molecule has 1 aromatic carbocycles. The molecule has 0 atom stereocenters. The van der Waals surface area contributed by atoms with Crippen molar-refractivity contribution in [2.75, 3.05) is 0 Å². The van der Waals surface area contributed by atoms with E-state index in [4.69, 9.17) is 11.6 Å². The molecule has 0 aliphatic rings. The number of carbonyl (C=O) groups is 1. The van der Waals surface area contributed by atoms with Crippen LogP contribution < -0.4 is 11.2 Å². The Morgan fingerprint density at radius 2 is 1.89 bits per heavy atom. The van der Waals surface area contributed by atoms with E-state index < -0.39 is 11.2 Å². The van der Waals surface area contributed by atoms with Gasteiger partial charge in [-0.1, -0.05) is 17.7 Å². The summed E-state index contributed by atoms with van der Waals surface area (Å²) in [7, 11) is 1.54. The zero-order valence-electron chi connectivity index (χ0n) is 15.9. The van der Waals surface area contributed by atoms with Crippen LogP contribution in [0.4, 0.5) is 0 Å². The molecule has 0 radical (unpaired) electrons. The quantitative estimate of drug-likeness (QED) is 0.527. The molecule has 0 N–H and O–H groups in total. The minimum atomic E-state index is -0.572. The fraction of sp³-hybridized carbons (Fsp3) is 0.263. The number of hydrogen-bond acceptors (Lipinski definition) is 4. The molecule has 3 aromatic heterocycles. The van der Waals surface area contributed by atoms with Crippen molar-refractivity contribution in [2.24, 2.45) is 7.05 Å². The van der Waals surface area contributed by atoms with Gasteiger partial charge in [0.05, 0.1) is 12.2 Å². The van der Waals surface area contributed by atoms with Crippen LogP contribution in [0.25, 0.3) is 22.6 Å². The van der Waals surface area contributed by atoms with Crippen molar-refractivity contribution in [1.82, 2.24) is 23.1 Å². The number of aromatic nitrogens is 5. The second-order valence-corrected chi connectivity index (χ2v) is 7.28. The van der Waals surface area contributed by atoms with Crippen molar-refractivity contribution in [1.29, 1.82) is 0 Å². The molecule has 0 unspecified atom stereocenters. The Balaban J connectivity index is 2.20. The van der Waals surface area contributed by atoms with E-state index in [9.17, 15) is 14.4 Å². The molecule has 4 aromatic rings. The van der Waals surface area contributed by atoms with Gasteiger partial charge in [0.25, 0.3) is 5.56 Å². The van der Waals surface area contributed by atoms with Crippen molar-refractivity contribution >= 4 is 34.3 Å². The van der Waals surface area contributed by atoms with E-state index in [1.54, 1.807) is 23.6 Å². The van der Waals surface area contributed by atoms with Crippen LogP contribution in [-0.4, -0.2) is 28.9 Å². The van der Waals surface area contributed by atoms with Gasteiger partial charge in [-0.25, -0.2) is 4.79 Å². The third-order valence-electron chi connectivity index (χ3n) is 4.97. The molecule has 3 heterocycles. The lowest BCUT2D eigenvalue weighted by Crippen LogP contribution is -2.40. The van der Waals surface area contributed by atoms with E-state index in [2.05, 4.69) is 4.98 Å². The number of hydrogen-bond donors (Lipinski definition) is 0. The van der Waals surface area contributed by atoms with Crippen molar-refractivity contribution < 1.29 is 4.79 Å². The van der Waals surface area contributed by atoms with Crippen LogP contribution in [0.1, 0.15) is 18.3 Å². The Morgan fingerprint density at radius 1 is 1.18 bits per heavy atom. The second kappa shape index (κ2) is 6.20. The smallest absolute Gasteiger partial charge is 0.298 e. The second-order valence-electron chi connectivity index (χ2n) is 6.84. The number of rotatable bonds is 3. The normalized spacial score (nSPS) is 11.6. The molecule has 0 saturated heterocycles. The summed E-state index contributed by atoms with van der Waals surface area (Å²) in [5, 5.41) is 0.578. The predicted octanol–water partition coefficient (Wildman–Crippen LogP) is 2.00. The van der Waals surface area contributed by atoms with E-state index in [1.807, 2.05) is 30.5 Å². The van der Waals surface area contributed by atoms with Crippen LogP contribution in [0.3, 0.4) is 0 Å².